The summed E-state index contributed by atoms with van der Waals surface area (Å²) in [5.41, 5.74) is 2.24. The summed E-state index contributed by atoms with van der Waals surface area (Å²) < 4.78 is 0. The van der Waals surface area contributed by atoms with Gasteiger partial charge in [0.1, 0.15) is 0 Å². The summed E-state index contributed by atoms with van der Waals surface area (Å²) in [5.74, 6) is 0. The van der Waals surface area contributed by atoms with Gasteiger partial charge in [0.15, 0.2) is 0 Å². The third-order valence-corrected chi connectivity index (χ3v) is 2.46. The van der Waals surface area contributed by atoms with Crippen molar-refractivity contribution in [3.63, 3.8) is 0 Å². The Hall–Kier alpha value is -1.83. The highest BCUT2D eigenvalue weighted by Crippen LogP contribution is 2.11. The maximum atomic E-state index is 4.26. The molecule has 0 N–H and O–H groups in total. The van der Waals surface area contributed by atoms with Crippen molar-refractivity contribution >= 4 is 5.69 Å². The number of likely N-dealkylation sites (N-methyl/N-ethyl adjacent to an activating group) is 1. The first-order chi connectivity index (χ1) is 7.86. The van der Waals surface area contributed by atoms with Gasteiger partial charge in [-0.1, -0.05) is 24.3 Å². The average molecular weight is 211 g/mol. The van der Waals surface area contributed by atoms with Gasteiger partial charge in [-0.15, -0.1) is 0 Å². The minimum Gasteiger partial charge on any atom is -0.374 e. The predicted octanol–water partition coefficient (Wildman–Crippen LogP) is 2.77. The van der Waals surface area contributed by atoms with E-state index in [-0.39, 0.29) is 0 Å². The molecule has 0 saturated heterocycles. The lowest BCUT2D eigenvalue weighted by Crippen LogP contribution is -2.19. The zero-order valence-electron chi connectivity index (χ0n) is 9.38. The highest BCUT2D eigenvalue weighted by molar-refractivity contribution is 5.45. The molecule has 0 aliphatic carbocycles. The molecule has 1 radical (unpaired) electrons. The topological polar surface area (TPSA) is 16.1 Å². The molecule has 16 heavy (non-hydrogen) atoms. The number of para-hydroxylation sites is 1. The van der Waals surface area contributed by atoms with Crippen LogP contribution in [0.3, 0.4) is 0 Å². The second kappa shape index (κ2) is 5.31. The van der Waals surface area contributed by atoms with E-state index >= 15 is 0 Å². The fourth-order valence-electron chi connectivity index (χ4n) is 1.52. The summed E-state index contributed by atoms with van der Waals surface area (Å²) in [4.78, 5) is 6.45. The normalized spacial score (nSPS) is 10.1. The van der Waals surface area contributed by atoms with Gasteiger partial charge in [-0.05, 0) is 24.3 Å². The molecular weight excluding hydrogens is 196 g/mol. The van der Waals surface area contributed by atoms with Crippen molar-refractivity contribution in [2.24, 2.45) is 0 Å². The molecule has 81 valence electrons. The molecule has 0 spiro atoms. The Kier molecular flexibility index (Phi) is 3.54. The van der Waals surface area contributed by atoms with Crippen LogP contribution >= 0.6 is 0 Å². The number of hydrogen-bond acceptors (Lipinski definition) is 2. The summed E-state index contributed by atoms with van der Waals surface area (Å²) in [7, 11) is 2.08. The van der Waals surface area contributed by atoms with E-state index in [9.17, 15) is 0 Å². The lowest BCUT2D eigenvalue weighted by molar-refractivity contribution is 0.974. The van der Waals surface area contributed by atoms with Crippen molar-refractivity contribution < 1.29 is 0 Å². The molecule has 0 aliphatic rings. The predicted molar refractivity (Wildman–Crippen MR) is 67.4 cm³/mol. The van der Waals surface area contributed by atoms with Gasteiger partial charge in [0.25, 0.3) is 0 Å². The van der Waals surface area contributed by atoms with E-state index in [1.54, 1.807) is 0 Å². The van der Waals surface area contributed by atoms with E-state index < -0.39 is 0 Å². The molecule has 2 aromatic rings. The minimum absolute atomic E-state index is 0.862. The maximum absolute atomic E-state index is 4.26. The van der Waals surface area contributed by atoms with Crippen molar-refractivity contribution in [1.82, 2.24) is 4.98 Å². The highest BCUT2D eigenvalue weighted by atomic mass is 15.1. The molecule has 0 bridgehead atoms. The van der Waals surface area contributed by atoms with Gasteiger partial charge in [0.05, 0.1) is 0 Å². The van der Waals surface area contributed by atoms with Crippen LogP contribution in [0.15, 0.2) is 54.7 Å². The SMILES string of the molecule is CN(C[CH]c1ccccn1)c1ccccc1. The van der Waals surface area contributed by atoms with Crippen LogP contribution in [-0.4, -0.2) is 18.6 Å². The Balaban J connectivity index is 1.92. The number of nitrogens with zero attached hydrogens (tertiary/aromatic N) is 2. The minimum atomic E-state index is 0.862. The lowest BCUT2D eigenvalue weighted by Gasteiger charge is -2.18. The van der Waals surface area contributed by atoms with Gasteiger partial charge in [-0.2, -0.15) is 0 Å². The Labute approximate surface area is 96.6 Å². The average Bonchev–Trinajstić information content (AvgIpc) is 2.38. The van der Waals surface area contributed by atoms with E-state index in [0.717, 1.165) is 12.2 Å². The van der Waals surface area contributed by atoms with E-state index in [1.165, 1.54) is 5.69 Å². The van der Waals surface area contributed by atoms with E-state index in [4.69, 9.17) is 0 Å². The summed E-state index contributed by atoms with van der Waals surface area (Å²) in [5, 5.41) is 0. The van der Waals surface area contributed by atoms with Crippen LogP contribution in [0.4, 0.5) is 5.69 Å². The second-order valence-electron chi connectivity index (χ2n) is 3.67. The molecular formula is C14H15N2. The molecule has 0 aliphatic heterocycles. The van der Waals surface area contributed by atoms with Gasteiger partial charge in [0, 0.05) is 37.6 Å². The highest BCUT2D eigenvalue weighted by Gasteiger charge is 2.00. The molecule has 2 rings (SSSR count). The monoisotopic (exact) mass is 211 g/mol. The van der Waals surface area contributed by atoms with Crippen LogP contribution in [0.2, 0.25) is 0 Å². The van der Waals surface area contributed by atoms with Crippen molar-refractivity contribution in [3.05, 3.63) is 66.8 Å². The summed E-state index contributed by atoms with van der Waals surface area (Å²) in [6.07, 6.45) is 3.93. The standard InChI is InChI=1S/C14H15N2/c1-16(14-8-3-2-4-9-14)12-10-13-7-5-6-11-15-13/h2-11H,12H2,1H3. The molecule has 0 fully saturated rings. The van der Waals surface area contributed by atoms with Crippen molar-refractivity contribution in [2.75, 3.05) is 18.5 Å². The van der Waals surface area contributed by atoms with E-state index in [1.807, 2.05) is 42.6 Å². The van der Waals surface area contributed by atoms with Crippen molar-refractivity contribution in [1.29, 1.82) is 0 Å². The molecule has 2 nitrogen and oxygen atoms in total. The first-order valence-electron chi connectivity index (χ1n) is 5.37. The van der Waals surface area contributed by atoms with E-state index in [0.29, 0.717) is 0 Å². The van der Waals surface area contributed by atoms with Crippen LogP contribution in [0.5, 0.6) is 0 Å². The molecule has 0 atom stereocenters. The number of pyridine rings is 1. The Morgan fingerprint density at radius 1 is 1.06 bits per heavy atom. The van der Waals surface area contributed by atoms with Gasteiger partial charge in [-0.3, -0.25) is 4.98 Å². The lowest BCUT2D eigenvalue weighted by atomic mass is 10.2. The maximum Gasteiger partial charge on any atom is 0.0459 e. The third kappa shape index (κ3) is 2.83. The first-order valence-corrected chi connectivity index (χ1v) is 5.37. The molecule has 0 amide bonds. The summed E-state index contributed by atoms with van der Waals surface area (Å²) >= 11 is 0. The number of aromatic nitrogens is 1. The van der Waals surface area contributed by atoms with Crippen LogP contribution in [0.1, 0.15) is 5.69 Å². The van der Waals surface area contributed by atoms with Gasteiger partial charge in [0.2, 0.25) is 0 Å². The van der Waals surface area contributed by atoms with Crippen molar-refractivity contribution in [3.8, 4) is 0 Å². The van der Waals surface area contributed by atoms with Crippen LogP contribution in [0, 0.1) is 6.42 Å². The van der Waals surface area contributed by atoms with Gasteiger partial charge < -0.3 is 4.90 Å². The Morgan fingerprint density at radius 3 is 2.50 bits per heavy atom. The molecule has 2 heteroatoms. The first kappa shape index (κ1) is 10.7. The van der Waals surface area contributed by atoms with Gasteiger partial charge in [-0.25, -0.2) is 0 Å². The molecule has 1 aromatic heterocycles. The quantitative estimate of drug-likeness (QED) is 0.773. The zero-order valence-corrected chi connectivity index (χ0v) is 9.38. The smallest absolute Gasteiger partial charge is 0.0459 e. The van der Waals surface area contributed by atoms with Crippen LogP contribution < -0.4 is 4.90 Å². The fraction of sp³-hybridized carbons (Fsp3) is 0.143. The number of anilines is 1. The molecule has 1 heterocycles. The van der Waals surface area contributed by atoms with Gasteiger partial charge >= 0.3 is 0 Å². The Bertz CT molecular complexity index is 411. The largest absolute Gasteiger partial charge is 0.374 e. The third-order valence-electron chi connectivity index (χ3n) is 2.46. The zero-order chi connectivity index (χ0) is 11.2. The number of benzene rings is 1. The molecule has 0 unspecified atom stereocenters. The van der Waals surface area contributed by atoms with Crippen LogP contribution in [0.25, 0.3) is 0 Å². The number of hydrogen-bond donors (Lipinski definition) is 0. The molecule has 0 saturated carbocycles. The van der Waals surface area contributed by atoms with Crippen LogP contribution in [-0.2, 0) is 0 Å². The Morgan fingerprint density at radius 2 is 1.81 bits per heavy atom. The summed E-state index contributed by atoms with van der Waals surface area (Å²) in [6, 6.07) is 16.3. The number of rotatable bonds is 4. The van der Waals surface area contributed by atoms with E-state index in [2.05, 4.69) is 35.5 Å². The second-order valence-corrected chi connectivity index (χ2v) is 3.67. The van der Waals surface area contributed by atoms with Crippen molar-refractivity contribution in [2.45, 2.75) is 0 Å². The fourth-order valence-corrected chi connectivity index (χ4v) is 1.52. The summed E-state index contributed by atoms with van der Waals surface area (Å²) in [6.45, 7) is 0.862. The molecule has 1 aromatic carbocycles.